The Labute approximate surface area is 104 Å². The molecule has 2 atom stereocenters. The number of benzene rings is 1. The quantitative estimate of drug-likeness (QED) is 0.741. The molecule has 0 N–H and O–H groups in total. The monoisotopic (exact) mass is 254 g/mol. The zero-order valence-electron chi connectivity index (χ0n) is 8.95. The highest BCUT2D eigenvalue weighted by Gasteiger charge is 2.36. The fourth-order valence-corrected chi connectivity index (χ4v) is 2.60. The van der Waals surface area contributed by atoms with Crippen molar-refractivity contribution in [3.8, 4) is 0 Å². The molecule has 84 valence electrons. The summed E-state index contributed by atoms with van der Waals surface area (Å²) in [6.45, 7) is 2.25. The molecule has 1 fully saturated rings. The summed E-state index contributed by atoms with van der Waals surface area (Å²) >= 11 is 12.0. The summed E-state index contributed by atoms with van der Waals surface area (Å²) in [6.07, 6.45) is 1.21. The predicted octanol–water partition coefficient (Wildman–Crippen LogP) is 4.01. The average molecular weight is 255 g/mol. The summed E-state index contributed by atoms with van der Waals surface area (Å²) in [6, 6.07) is 6.36. The van der Waals surface area contributed by atoms with Crippen LogP contribution in [0.5, 0.6) is 0 Å². The third-order valence-corrected chi connectivity index (χ3v) is 3.72. The lowest BCUT2D eigenvalue weighted by Crippen LogP contribution is -2.00. The lowest BCUT2D eigenvalue weighted by molar-refractivity contribution is 0.678. The van der Waals surface area contributed by atoms with Crippen LogP contribution in [0, 0.1) is 5.92 Å². The van der Waals surface area contributed by atoms with Crippen molar-refractivity contribution in [2.24, 2.45) is 5.92 Å². The molecule has 2 nitrogen and oxygen atoms in total. The van der Waals surface area contributed by atoms with E-state index < -0.39 is 0 Å². The molecule has 2 unspecified atom stereocenters. The molecule has 0 bridgehead atoms. The van der Waals surface area contributed by atoms with Crippen LogP contribution in [0.25, 0.3) is 11.0 Å². The maximum Gasteiger partial charge on any atom is 0.125 e. The van der Waals surface area contributed by atoms with E-state index in [2.05, 4.69) is 16.5 Å². The van der Waals surface area contributed by atoms with Gasteiger partial charge in [0, 0.05) is 11.1 Å². The predicted molar refractivity (Wildman–Crippen MR) is 67.1 cm³/mol. The Balaban J connectivity index is 2.24. The Bertz CT molecular complexity index is 547. The van der Waals surface area contributed by atoms with Crippen LogP contribution >= 0.6 is 23.2 Å². The van der Waals surface area contributed by atoms with Crippen molar-refractivity contribution in [2.75, 3.05) is 0 Å². The number of hydrogen-bond donors (Lipinski definition) is 0. The van der Waals surface area contributed by atoms with E-state index in [1.165, 1.54) is 6.42 Å². The van der Waals surface area contributed by atoms with Gasteiger partial charge in [-0.2, -0.15) is 0 Å². The van der Waals surface area contributed by atoms with Crippen LogP contribution in [-0.2, 0) is 5.88 Å². The third-order valence-electron chi connectivity index (χ3n) is 3.24. The number of alkyl halides is 1. The number of nitrogens with zero attached hydrogens (tertiary/aromatic N) is 2. The van der Waals surface area contributed by atoms with E-state index in [4.69, 9.17) is 23.2 Å². The molecule has 2 aromatic rings. The van der Waals surface area contributed by atoms with Crippen molar-refractivity contribution >= 4 is 34.2 Å². The number of hydrogen-bond acceptors (Lipinski definition) is 1. The normalized spacial score (nSPS) is 23.9. The Morgan fingerprint density at radius 3 is 2.88 bits per heavy atom. The fourth-order valence-electron chi connectivity index (χ4n) is 2.24. The molecule has 3 rings (SSSR count). The number of aromatic nitrogens is 2. The molecule has 1 aromatic heterocycles. The number of imidazole rings is 1. The van der Waals surface area contributed by atoms with Gasteiger partial charge in [0.25, 0.3) is 0 Å². The Morgan fingerprint density at radius 1 is 1.50 bits per heavy atom. The second-order valence-corrected chi connectivity index (χ2v) is 5.15. The highest BCUT2D eigenvalue weighted by atomic mass is 35.5. The molecule has 1 saturated carbocycles. The molecule has 0 amide bonds. The molecule has 16 heavy (non-hydrogen) atoms. The van der Waals surface area contributed by atoms with E-state index in [1.807, 2.05) is 18.2 Å². The van der Waals surface area contributed by atoms with E-state index >= 15 is 0 Å². The Morgan fingerprint density at radius 2 is 2.25 bits per heavy atom. The summed E-state index contributed by atoms with van der Waals surface area (Å²) < 4.78 is 2.25. The topological polar surface area (TPSA) is 17.8 Å². The number of rotatable bonds is 2. The average Bonchev–Trinajstić information content (AvgIpc) is 2.87. The fraction of sp³-hybridized carbons (Fsp3) is 0.417. The molecule has 1 aliphatic carbocycles. The summed E-state index contributed by atoms with van der Waals surface area (Å²) in [5.74, 6) is 2.13. The third kappa shape index (κ3) is 1.52. The van der Waals surface area contributed by atoms with Gasteiger partial charge in [0.15, 0.2) is 0 Å². The Hall–Kier alpha value is -0.730. The van der Waals surface area contributed by atoms with Crippen molar-refractivity contribution in [2.45, 2.75) is 25.3 Å². The molecular formula is C12H12Cl2N2. The van der Waals surface area contributed by atoms with Gasteiger partial charge in [0.05, 0.1) is 16.9 Å². The maximum atomic E-state index is 6.03. The highest BCUT2D eigenvalue weighted by molar-refractivity contribution is 6.31. The molecule has 1 aromatic carbocycles. The van der Waals surface area contributed by atoms with Crippen LogP contribution in [0.1, 0.15) is 25.2 Å². The molecular weight excluding hydrogens is 243 g/mol. The van der Waals surface area contributed by atoms with Gasteiger partial charge in [-0.05, 0) is 30.5 Å². The van der Waals surface area contributed by atoms with E-state index in [1.54, 1.807) is 0 Å². The first-order valence-electron chi connectivity index (χ1n) is 5.43. The molecule has 4 heteroatoms. The van der Waals surface area contributed by atoms with Gasteiger partial charge in [-0.15, -0.1) is 11.6 Å². The lowest BCUT2D eigenvalue weighted by Gasteiger charge is -2.05. The molecule has 0 saturated heterocycles. The van der Waals surface area contributed by atoms with E-state index in [0.717, 1.165) is 27.8 Å². The second kappa shape index (κ2) is 3.64. The maximum absolute atomic E-state index is 6.03. The first-order valence-corrected chi connectivity index (χ1v) is 6.34. The van der Waals surface area contributed by atoms with Crippen LogP contribution < -0.4 is 0 Å². The summed E-state index contributed by atoms with van der Waals surface area (Å²) in [7, 11) is 0. The van der Waals surface area contributed by atoms with Crippen molar-refractivity contribution < 1.29 is 0 Å². The van der Waals surface area contributed by atoms with Crippen molar-refractivity contribution in [1.29, 1.82) is 0 Å². The number of halogens is 2. The zero-order chi connectivity index (χ0) is 11.3. The minimum atomic E-state index is 0.454. The van der Waals surface area contributed by atoms with Crippen LogP contribution in [0.4, 0.5) is 0 Å². The largest absolute Gasteiger partial charge is 0.324 e. The van der Waals surface area contributed by atoms with Crippen LogP contribution in [0.15, 0.2) is 18.2 Å². The van der Waals surface area contributed by atoms with Crippen LogP contribution in [-0.4, -0.2) is 9.55 Å². The highest BCUT2D eigenvalue weighted by Crippen LogP contribution is 2.45. The summed E-state index contributed by atoms with van der Waals surface area (Å²) in [5.41, 5.74) is 2.09. The molecule has 0 aliphatic heterocycles. The summed E-state index contributed by atoms with van der Waals surface area (Å²) in [4.78, 5) is 4.54. The smallest absolute Gasteiger partial charge is 0.125 e. The van der Waals surface area contributed by atoms with Gasteiger partial charge in [0.1, 0.15) is 5.82 Å². The van der Waals surface area contributed by atoms with Gasteiger partial charge in [-0.3, -0.25) is 0 Å². The lowest BCUT2D eigenvalue weighted by atomic mass is 10.3. The van der Waals surface area contributed by atoms with Crippen LogP contribution in [0.3, 0.4) is 0 Å². The Kier molecular flexibility index (Phi) is 2.37. The van der Waals surface area contributed by atoms with Gasteiger partial charge in [-0.1, -0.05) is 18.5 Å². The molecule has 1 aliphatic rings. The zero-order valence-corrected chi connectivity index (χ0v) is 10.5. The molecule has 1 heterocycles. The minimum absolute atomic E-state index is 0.454. The van der Waals surface area contributed by atoms with E-state index in [-0.39, 0.29) is 0 Å². The van der Waals surface area contributed by atoms with Gasteiger partial charge >= 0.3 is 0 Å². The van der Waals surface area contributed by atoms with Crippen molar-refractivity contribution in [1.82, 2.24) is 9.55 Å². The summed E-state index contributed by atoms with van der Waals surface area (Å²) in [5, 5.41) is 0.753. The van der Waals surface area contributed by atoms with E-state index in [0.29, 0.717) is 11.9 Å². The number of fused-ring (bicyclic) bond motifs is 1. The van der Waals surface area contributed by atoms with Gasteiger partial charge < -0.3 is 4.57 Å². The first-order chi connectivity index (χ1) is 7.70. The van der Waals surface area contributed by atoms with E-state index in [9.17, 15) is 0 Å². The minimum Gasteiger partial charge on any atom is -0.324 e. The second-order valence-electron chi connectivity index (χ2n) is 4.45. The molecule has 0 spiro atoms. The van der Waals surface area contributed by atoms with Crippen LogP contribution in [0.2, 0.25) is 5.02 Å². The van der Waals surface area contributed by atoms with Gasteiger partial charge in [0.2, 0.25) is 0 Å². The first kappa shape index (κ1) is 10.4. The SMILES string of the molecule is CC1CC1n1c(CCl)nc2ccc(Cl)cc21. The van der Waals surface area contributed by atoms with Gasteiger partial charge in [-0.25, -0.2) is 4.98 Å². The standard InChI is InChI=1S/C12H12Cl2N2/c1-7-4-10(7)16-11-5-8(14)2-3-9(11)15-12(16)6-13/h2-3,5,7,10H,4,6H2,1H3. The molecule has 0 radical (unpaired) electrons. The van der Waals surface area contributed by atoms with Crippen molar-refractivity contribution in [3.63, 3.8) is 0 Å². The van der Waals surface area contributed by atoms with Crippen molar-refractivity contribution in [3.05, 3.63) is 29.0 Å².